The topological polar surface area (TPSA) is 80.4 Å². The summed E-state index contributed by atoms with van der Waals surface area (Å²) >= 11 is 0. The average molecular weight is 220 g/mol. The minimum atomic E-state index is -1.07. The van der Waals surface area contributed by atoms with Crippen molar-refractivity contribution in [1.82, 2.24) is 19.6 Å². The van der Waals surface area contributed by atoms with E-state index in [9.17, 15) is 4.79 Å². The number of rotatable bonds is 1. The number of nitrogens with zero attached hydrogens (tertiary/aromatic N) is 4. The van der Waals surface area contributed by atoms with E-state index in [1.165, 1.54) is 10.6 Å². The summed E-state index contributed by atoms with van der Waals surface area (Å²) in [4.78, 5) is 18.8. The lowest BCUT2D eigenvalue weighted by molar-refractivity contribution is 0.0690. The highest BCUT2D eigenvalue weighted by Crippen LogP contribution is 2.18. The predicted molar refractivity (Wildman–Crippen MR) is 56.4 cm³/mol. The van der Waals surface area contributed by atoms with Gasteiger partial charge in [-0.25, -0.2) is 14.3 Å². The molecule has 0 radical (unpaired) electrons. The van der Waals surface area contributed by atoms with Crippen molar-refractivity contribution in [1.29, 1.82) is 0 Å². The van der Waals surface area contributed by atoms with E-state index in [0.717, 1.165) is 0 Å². The van der Waals surface area contributed by atoms with Gasteiger partial charge in [0.15, 0.2) is 11.5 Å². The zero-order valence-electron chi connectivity index (χ0n) is 9.30. The average Bonchev–Trinajstić information content (AvgIpc) is 2.58. The number of carboxylic acid groups (broad SMARTS) is 1. The molecule has 2 aromatic rings. The maximum absolute atomic E-state index is 10.7. The lowest BCUT2D eigenvalue weighted by atomic mass is 9.96. The first-order valence-corrected chi connectivity index (χ1v) is 4.85. The molecule has 2 aromatic heterocycles. The quantitative estimate of drug-likeness (QED) is 0.778. The van der Waals surface area contributed by atoms with Crippen molar-refractivity contribution in [2.45, 2.75) is 26.2 Å². The molecule has 0 aliphatic heterocycles. The lowest BCUT2D eigenvalue weighted by Crippen LogP contribution is -2.13. The summed E-state index contributed by atoms with van der Waals surface area (Å²) < 4.78 is 1.48. The van der Waals surface area contributed by atoms with Gasteiger partial charge in [0.05, 0.1) is 0 Å². The maximum Gasteiger partial charge on any atom is 0.354 e. The Hall–Kier alpha value is -1.98. The molecule has 0 aliphatic rings. The van der Waals surface area contributed by atoms with Crippen molar-refractivity contribution in [3.63, 3.8) is 0 Å². The first-order chi connectivity index (χ1) is 7.38. The van der Waals surface area contributed by atoms with Gasteiger partial charge in [0, 0.05) is 11.6 Å². The largest absolute Gasteiger partial charge is 0.477 e. The molecular weight excluding hydrogens is 208 g/mol. The molecule has 1 N–H and O–H groups in total. The van der Waals surface area contributed by atoms with Gasteiger partial charge in [-0.05, 0) is 6.07 Å². The van der Waals surface area contributed by atoms with Gasteiger partial charge in [0.25, 0.3) is 5.78 Å². The second kappa shape index (κ2) is 3.26. The molecule has 0 aromatic carbocycles. The number of hydrogen-bond acceptors (Lipinski definition) is 4. The van der Waals surface area contributed by atoms with Crippen LogP contribution in [0.3, 0.4) is 0 Å². The number of carbonyl (C=O) groups is 1. The second-order valence-electron chi connectivity index (χ2n) is 4.55. The molecule has 0 aliphatic carbocycles. The standard InChI is InChI=1S/C10H12N4O2/c1-10(2,3)8-12-9-11-6(7(15)16)4-5-14(9)13-8/h4-5H,1-3H3,(H,15,16). The third-order valence-electron chi connectivity index (χ3n) is 2.10. The number of aromatic nitrogens is 4. The minimum Gasteiger partial charge on any atom is -0.477 e. The molecule has 2 rings (SSSR count). The van der Waals surface area contributed by atoms with Gasteiger partial charge in [-0.2, -0.15) is 4.98 Å². The van der Waals surface area contributed by atoms with Gasteiger partial charge in [0.1, 0.15) is 0 Å². The van der Waals surface area contributed by atoms with E-state index in [0.29, 0.717) is 11.6 Å². The van der Waals surface area contributed by atoms with Crippen LogP contribution in [0.5, 0.6) is 0 Å². The Bertz CT molecular complexity index is 553. The normalized spacial score (nSPS) is 11.9. The van der Waals surface area contributed by atoms with E-state index >= 15 is 0 Å². The van der Waals surface area contributed by atoms with Crippen LogP contribution in [0, 0.1) is 0 Å². The molecule has 84 valence electrons. The van der Waals surface area contributed by atoms with Gasteiger partial charge in [-0.3, -0.25) is 0 Å². The van der Waals surface area contributed by atoms with Gasteiger partial charge in [-0.1, -0.05) is 20.8 Å². The zero-order valence-corrected chi connectivity index (χ0v) is 9.30. The fraction of sp³-hybridized carbons (Fsp3) is 0.400. The molecule has 0 amide bonds. The molecule has 16 heavy (non-hydrogen) atoms. The molecule has 6 heteroatoms. The predicted octanol–water partition coefficient (Wildman–Crippen LogP) is 1.12. The van der Waals surface area contributed by atoms with Crippen LogP contribution in [-0.2, 0) is 5.41 Å². The van der Waals surface area contributed by atoms with Crippen molar-refractivity contribution in [2.24, 2.45) is 0 Å². The van der Waals surface area contributed by atoms with E-state index in [1.54, 1.807) is 6.20 Å². The summed E-state index contributed by atoms with van der Waals surface area (Å²) in [6.07, 6.45) is 1.55. The number of aromatic carboxylic acids is 1. The first kappa shape index (κ1) is 10.5. The molecule has 0 spiro atoms. The van der Waals surface area contributed by atoms with Crippen LogP contribution in [0.4, 0.5) is 0 Å². The summed E-state index contributed by atoms with van der Waals surface area (Å²) in [5.41, 5.74) is -0.211. The van der Waals surface area contributed by atoms with Gasteiger partial charge in [0.2, 0.25) is 0 Å². The molecule has 0 saturated carbocycles. The third-order valence-corrected chi connectivity index (χ3v) is 2.10. The van der Waals surface area contributed by atoms with Crippen LogP contribution in [0.25, 0.3) is 5.78 Å². The fourth-order valence-electron chi connectivity index (χ4n) is 1.21. The highest BCUT2D eigenvalue weighted by atomic mass is 16.4. The Balaban J connectivity index is 2.59. The van der Waals surface area contributed by atoms with E-state index in [1.807, 2.05) is 20.8 Å². The van der Waals surface area contributed by atoms with E-state index in [2.05, 4.69) is 15.1 Å². The smallest absolute Gasteiger partial charge is 0.354 e. The van der Waals surface area contributed by atoms with Crippen LogP contribution in [0.1, 0.15) is 37.1 Å². The Kier molecular flexibility index (Phi) is 2.15. The SMILES string of the molecule is CC(C)(C)c1nc2nc(C(=O)O)ccn2n1. The number of carboxylic acids is 1. The Morgan fingerprint density at radius 1 is 1.38 bits per heavy atom. The van der Waals surface area contributed by atoms with Crippen LogP contribution >= 0.6 is 0 Å². The molecule has 0 atom stereocenters. The summed E-state index contributed by atoms with van der Waals surface area (Å²) in [6.45, 7) is 5.96. The molecule has 0 fully saturated rings. The van der Waals surface area contributed by atoms with E-state index in [4.69, 9.17) is 5.11 Å². The van der Waals surface area contributed by atoms with Crippen molar-refractivity contribution in [3.05, 3.63) is 23.8 Å². The van der Waals surface area contributed by atoms with E-state index < -0.39 is 5.97 Å². The Morgan fingerprint density at radius 2 is 2.06 bits per heavy atom. The lowest BCUT2D eigenvalue weighted by Gasteiger charge is -2.11. The summed E-state index contributed by atoms with van der Waals surface area (Å²) in [5, 5.41) is 13.0. The van der Waals surface area contributed by atoms with Crippen molar-refractivity contribution < 1.29 is 9.90 Å². The molecule has 0 bridgehead atoms. The molecule has 0 saturated heterocycles. The highest BCUT2D eigenvalue weighted by Gasteiger charge is 2.20. The van der Waals surface area contributed by atoms with Crippen molar-refractivity contribution >= 4 is 11.7 Å². The third kappa shape index (κ3) is 1.73. The Labute approximate surface area is 92.0 Å². The summed E-state index contributed by atoms with van der Waals surface area (Å²) in [6, 6.07) is 1.40. The summed E-state index contributed by atoms with van der Waals surface area (Å²) in [5.74, 6) is -0.116. The number of hydrogen-bond donors (Lipinski definition) is 1. The summed E-state index contributed by atoms with van der Waals surface area (Å²) in [7, 11) is 0. The van der Waals surface area contributed by atoms with Crippen LogP contribution in [0.2, 0.25) is 0 Å². The van der Waals surface area contributed by atoms with Crippen LogP contribution in [0.15, 0.2) is 12.3 Å². The van der Waals surface area contributed by atoms with Gasteiger partial charge in [-0.15, -0.1) is 5.10 Å². The maximum atomic E-state index is 10.7. The molecular formula is C10H12N4O2. The monoisotopic (exact) mass is 220 g/mol. The Morgan fingerprint density at radius 3 is 2.62 bits per heavy atom. The van der Waals surface area contributed by atoms with Gasteiger partial charge >= 0.3 is 5.97 Å². The highest BCUT2D eigenvalue weighted by molar-refractivity contribution is 5.85. The van der Waals surface area contributed by atoms with Crippen LogP contribution in [-0.4, -0.2) is 30.7 Å². The zero-order chi connectivity index (χ0) is 11.9. The number of fused-ring (bicyclic) bond motifs is 1. The first-order valence-electron chi connectivity index (χ1n) is 4.85. The molecule has 6 nitrogen and oxygen atoms in total. The van der Waals surface area contributed by atoms with Crippen molar-refractivity contribution in [2.75, 3.05) is 0 Å². The van der Waals surface area contributed by atoms with Crippen molar-refractivity contribution in [3.8, 4) is 0 Å². The second-order valence-corrected chi connectivity index (χ2v) is 4.55. The molecule has 2 heterocycles. The van der Waals surface area contributed by atoms with E-state index in [-0.39, 0.29) is 11.1 Å². The molecule has 0 unspecified atom stereocenters. The van der Waals surface area contributed by atoms with Crippen LogP contribution < -0.4 is 0 Å². The van der Waals surface area contributed by atoms with Gasteiger partial charge < -0.3 is 5.11 Å². The minimum absolute atomic E-state index is 0.0274. The fourth-order valence-corrected chi connectivity index (χ4v) is 1.21.